The van der Waals surface area contributed by atoms with E-state index in [1.54, 1.807) is 6.07 Å². The van der Waals surface area contributed by atoms with Gasteiger partial charge >= 0.3 is 98.4 Å². The van der Waals surface area contributed by atoms with Crippen molar-refractivity contribution in [1.82, 2.24) is 4.57 Å². The minimum atomic E-state index is 0.0888. The first-order valence-electron chi connectivity index (χ1n) is 5.00. The molecule has 3 rings (SSSR count). The van der Waals surface area contributed by atoms with Crippen molar-refractivity contribution in [2.45, 2.75) is 0 Å². The number of nitrogens with zero attached hydrogens (tertiary/aromatic N) is 1. The van der Waals surface area contributed by atoms with Gasteiger partial charge in [0.05, 0.1) is 0 Å². The number of aromatic nitrogens is 1. The van der Waals surface area contributed by atoms with E-state index in [0.29, 0.717) is 14.5 Å². The molecule has 0 aliphatic rings. The number of para-hydroxylation sites is 1. The van der Waals surface area contributed by atoms with Gasteiger partial charge in [0.25, 0.3) is 0 Å². The second kappa shape index (κ2) is 3.78. The topological polar surface area (TPSA) is 22.0 Å². The summed E-state index contributed by atoms with van der Waals surface area (Å²) in [6.45, 7) is 0. The van der Waals surface area contributed by atoms with Gasteiger partial charge in [0.2, 0.25) is 0 Å². The summed E-state index contributed by atoms with van der Waals surface area (Å²) in [6.07, 6.45) is 1.87. The number of fused-ring (bicyclic) bond motifs is 1. The zero-order valence-corrected chi connectivity index (χ0v) is 10.2. The van der Waals surface area contributed by atoms with Crippen LogP contribution in [0.1, 0.15) is 0 Å². The molecule has 0 aliphatic heterocycles. The molecule has 0 bridgehead atoms. The molecule has 0 unspecified atom stereocenters. The Morgan fingerprint density at radius 1 is 1.00 bits per heavy atom. The summed E-state index contributed by atoms with van der Waals surface area (Å²) in [4.78, 5) is 13.9. The predicted octanol–water partition coefficient (Wildman–Crippen LogP) is 2.05. The van der Waals surface area contributed by atoms with E-state index in [2.05, 4.69) is 21.6 Å². The van der Waals surface area contributed by atoms with Gasteiger partial charge in [0.1, 0.15) is 0 Å². The van der Waals surface area contributed by atoms with Crippen molar-refractivity contribution >= 4 is 25.4 Å². The summed E-state index contributed by atoms with van der Waals surface area (Å²) in [5.41, 5.74) is 1.08. The molecule has 3 heteroatoms. The molecule has 3 aromatic rings. The van der Waals surface area contributed by atoms with E-state index in [9.17, 15) is 4.79 Å². The van der Waals surface area contributed by atoms with Crippen LogP contribution in [-0.2, 0) is 0 Å². The second-order valence-electron chi connectivity index (χ2n) is 3.52. The van der Waals surface area contributed by atoms with Gasteiger partial charge in [0, 0.05) is 0 Å². The molecule has 1 aromatic carbocycles. The van der Waals surface area contributed by atoms with Crippen LogP contribution in [0.25, 0.3) is 15.5 Å². The number of benzene rings is 1. The van der Waals surface area contributed by atoms with E-state index in [1.165, 1.54) is 4.56 Å². The van der Waals surface area contributed by atoms with Gasteiger partial charge in [-0.05, 0) is 0 Å². The normalized spacial score (nSPS) is 10.8. The van der Waals surface area contributed by atoms with Crippen LogP contribution in [0.5, 0.6) is 0 Å². The molecule has 0 atom stereocenters. The molecule has 78 valence electrons. The Labute approximate surface area is 98.5 Å². The van der Waals surface area contributed by atoms with Crippen molar-refractivity contribution in [3.8, 4) is 4.56 Å². The van der Waals surface area contributed by atoms with Gasteiger partial charge in [-0.25, -0.2) is 0 Å². The van der Waals surface area contributed by atoms with E-state index in [1.807, 2.05) is 30.5 Å². The Kier molecular flexibility index (Phi) is 2.28. The fourth-order valence-electron chi connectivity index (χ4n) is 1.80. The first-order valence-corrected chi connectivity index (χ1v) is 6.85. The second-order valence-corrected chi connectivity index (χ2v) is 5.46. The molecule has 2 heterocycles. The number of hydrogen-bond acceptors (Lipinski definition) is 1. The summed E-state index contributed by atoms with van der Waals surface area (Å²) < 4.78 is 3.38. The Hall–Kier alpha value is -1.57. The van der Waals surface area contributed by atoms with E-state index in [-0.39, 0.29) is 5.43 Å². The molecule has 0 saturated heterocycles. The van der Waals surface area contributed by atoms with Crippen LogP contribution < -0.4 is 5.43 Å². The van der Waals surface area contributed by atoms with E-state index >= 15 is 0 Å². The maximum absolute atomic E-state index is 11.7. The van der Waals surface area contributed by atoms with Crippen molar-refractivity contribution in [3.63, 3.8) is 0 Å². The van der Waals surface area contributed by atoms with Gasteiger partial charge in [-0.2, -0.15) is 0 Å². The predicted molar refractivity (Wildman–Crippen MR) is 66.5 cm³/mol. The monoisotopic (exact) mass is 275 g/mol. The fraction of sp³-hybridized carbons (Fsp3) is 0. The van der Waals surface area contributed by atoms with Gasteiger partial charge in [0.15, 0.2) is 0 Å². The van der Waals surface area contributed by atoms with E-state index < -0.39 is 0 Å². The molecular formula is C13H9NOSe. The molecule has 2 aromatic heterocycles. The quantitative estimate of drug-likeness (QED) is 0.622. The third kappa shape index (κ3) is 1.45. The zero-order chi connectivity index (χ0) is 11.0. The maximum atomic E-state index is 11.7. The molecule has 0 N–H and O–H groups in total. The molecule has 0 fully saturated rings. The van der Waals surface area contributed by atoms with Crippen LogP contribution in [0, 0.1) is 0 Å². The Morgan fingerprint density at radius 2 is 1.88 bits per heavy atom. The van der Waals surface area contributed by atoms with Gasteiger partial charge in [-0.1, -0.05) is 0 Å². The average molecular weight is 274 g/mol. The molecule has 0 saturated carbocycles. The van der Waals surface area contributed by atoms with Crippen LogP contribution in [0.4, 0.5) is 0 Å². The van der Waals surface area contributed by atoms with Crippen LogP contribution in [0.3, 0.4) is 0 Å². The first kappa shape index (κ1) is 9.64. The molecule has 0 spiro atoms. The standard InChI is InChI=1S/C13H9NOSe/c15-12-7-8-14(13-6-3-9-16-13)11-5-2-1-4-10(11)12/h1-9H. The Bertz CT molecular complexity index is 682. The third-order valence-corrected chi connectivity index (χ3v) is 4.37. The van der Waals surface area contributed by atoms with Crippen molar-refractivity contribution in [3.05, 3.63) is 63.8 Å². The van der Waals surface area contributed by atoms with Crippen molar-refractivity contribution in [1.29, 1.82) is 0 Å². The fourth-order valence-corrected chi connectivity index (χ4v) is 3.33. The van der Waals surface area contributed by atoms with E-state index in [4.69, 9.17) is 0 Å². The molecule has 0 amide bonds. The molecule has 2 nitrogen and oxygen atoms in total. The average Bonchev–Trinajstić information content (AvgIpc) is 2.83. The summed E-state index contributed by atoms with van der Waals surface area (Å²) in [5.74, 6) is 0. The van der Waals surface area contributed by atoms with Crippen LogP contribution in [0.2, 0.25) is 0 Å². The SMILES string of the molecule is O=c1ccn(-c2ccc[se]2)c2ccccc12. The molecule has 0 aliphatic carbocycles. The number of rotatable bonds is 1. The zero-order valence-electron chi connectivity index (χ0n) is 8.46. The third-order valence-electron chi connectivity index (χ3n) is 2.55. The number of pyridine rings is 1. The van der Waals surface area contributed by atoms with Gasteiger partial charge in [-0.15, -0.1) is 0 Å². The summed E-state index contributed by atoms with van der Waals surface area (Å²) >= 11 is 0.373. The summed E-state index contributed by atoms with van der Waals surface area (Å²) in [5, 5.41) is 0.786. The van der Waals surface area contributed by atoms with Crippen LogP contribution in [0.15, 0.2) is 58.4 Å². The van der Waals surface area contributed by atoms with Crippen LogP contribution in [-0.4, -0.2) is 19.1 Å². The van der Waals surface area contributed by atoms with Gasteiger partial charge in [-0.3, -0.25) is 0 Å². The van der Waals surface area contributed by atoms with Crippen molar-refractivity contribution in [2.24, 2.45) is 0 Å². The summed E-state index contributed by atoms with van der Waals surface area (Å²) in [7, 11) is 0. The van der Waals surface area contributed by atoms with Crippen LogP contribution >= 0.6 is 0 Å². The molecule has 16 heavy (non-hydrogen) atoms. The Morgan fingerprint density at radius 3 is 2.69 bits per heavy atom. The van der Waals surface area contributed by atoms with E-state index in [0.717, 1.165) is 10.9 Å². The number of hydrogen-bond donors (Lipinski definition) is 0. The van der Waals surface area contributed by atoms with Crippen molar-refractivity contribution in [2.75, 3.05) is 0 Å². The summed E-state index contributed by atoms with van der Waals surface area (Å²) in [6, 6.07) is 13.6. The van der Waals surface area contributed by atoms with Crippen molar-refractivity contribution < 1.29 is 0 Å². The Balaban J connectivity index is 2.43. The molecule has 0 radical (unpaired) electrons. The van der Waals surface area contributed by atoms with Gasteiger partial charge < -0.3 is 0 Å². The first-order chi connectivity index (χ1) is 7.86. The molecular weight excluding hydrogens is 265 g/mol. The minimum absolute atomic E-state index is 0.0888.